The average molecular weight is 325 g/mol. The molecule has 3 atom stereocenters. The molecule has 9 heteroatoms. The van der Waals surface area contributed by atoms with Gasteiger partial charge in [-0.15, -0.1) is 5.06 Å². The second-order valence-corrected chi connectivity index (χ2v) is 6.10. The topological polar surface area (TPSA) is 114 Å². The van der Waals surface area contributed by atoms with Crippen LogP contribution in [0.2, 0.25) is 0 Å². The Morgan fingerprint density at radius 3 is 2.50 bits per heavy atom. The molecule has 0 aromatic heterocycles. The predicted octanol–water partition coefficient (Wildman–Crippen LogP) is 0.139. The molecule has 3 rings (SSSR count). The Morgan fingerprint density at radius 2 is 1.95 bits per heavy atom. The Hall–Kier alpha value is -1.41. The van der Waals surface area contributed by atoms with Gasteiger partial charge in [-0.25, -0.2) is 0 Å². The zero-order valence-corrected chi connectivity index (χ0v) is 12.5. The number of β-amino-alcohol motifs (C(OH)–C–C–N with tert-alkyl or cyclic N) is 1. The van der Waals surface area contributed by atoms with Gasteiger partial charge in [0, 0.05) is 12.6 Å². The molecule has 1 aromatic carbocycles. The number of rotatable bonds is 5. The van der Waals surface area contributed by atoms with Crippen LogP contribution in [-0.2, 0) is 9.15 Å². The van der Waals surface area contributed by atoms with Gasteiger partial charge in [0.2, 0.25) is 0 Å². The minimum atomic E-state index is -1.92. The van der Waals surface area contributed by atoms with Crippen LogP contribution in [0.15, 0.2) is 24.3 Å². The Balaban J connectivity index is 1.55. The van der Waals surface area contributed by atoms with Gasteiger partial charge in [0.15, 0.2) is 0 Å². The summed E-state index contributed by atoms with van der Waals surface area (Å²) in [6.45, 7) is 0.748. The molecule has 1 aromatic rings. The minimum Gasteiger partial charge on any atom is -0.392 e. The third-order valence-electron chi connectivity index (χ3n) is 3.52. The molecule has 1 saturated heterocycles. The molecule has 0 bridgehead atoms. The van der Waals surface area contributed by atoms with Crippen LogP contribution in [0.5, 0.6) is 0 Å². The highest BCUT2D eigenvalue weighted by molar-refractivity contribution is 7.44. The molecule has 2 aliphatic heterocycles. The summed E-state index contributed by atoms with van der Waals surface area (Å²) in [6, 6.07) is 6.44. The summed E-state index contributed by atoms with van der Waals surface area (Å²) in [5, 5.41) is 13.1. The van der Waals surface area contributed by atoms with E-state index >= 15 is 0 Å². The Bertz CT molecular complexity index is 564. The molecule has 0 aliphatic carbocycles. The molecule has 2 amide bonds. The van der Waals surface area contributed by atoms with Crippen molar-refractivity contribution in [2.24, 2.45) is 5.50 Å². The van der Waals surface area contributed by atoms with Gasteiger partial charge in [0.1, 0.15) is 0 Å². The lowest BCUT2D eigenvalue weighted by Gasteiger charge is -2.19. The van der Waals surface area contributed by atoms with Gasteiger partial charge in [-0.05, 0) is 18.6 Å². The van der Waals surface area contributed by atoms with Crippen molar-refractivity contribution >= 4 is 20.3 Å². The summed E-state index contributed by atoms with van der Waals surface area (Å²) < 4.78 is 10.5. The van der Waals surface area contributed by atoms with Gasteiger partial charge in [-0.1, -0.05) is 12.1 Å². The van der Waals surface area contributed by atoms with E-state index in [1.807, 2.05) is 0 Å². The molecule has 8 nitrogen and oxygen atoms in total. The second-order valence-electron chi connectivity index (χ2n) is 5.11. The SMILES string of the molecule is NP(OC[C@@H]1C[C@@H](O)CN1)ON1C(=O)c2ccccc2C1=O. The highest BCUT2D eigenvalue weighted by Crippen LogP contribution is 2.35. The second kappa shape index (κ2) is 6.37. The minimum absolute atomic E-state index is 0.0191. The third-order valence-corrected chi connectivity index (χ3v) is 4.25. The first-order chi connectivity index (χ1) is 10.6. The number of hydrogen-bond donors (Lipinski definition) is 3. The molecule has 0 radical (unpaired) electrons. The van der Waals surface area contributed by atoms with Crippen molar-refractivity contribution < 1.29 is 23.8 Å². The van der Waals surface area contributed by atoms with Crippen LogP contribution >= 0.6 is 8.53 Å². The van der Waals surface area contributed by atoms with E-state index in [1.54, 1.807) is 24.3 Å². The summed E-state index contributed by atoms with van der Waals surface area (Å²) in [5.41, 5.74) is 6.29. The van der Waals surface area contributed by atoms with Crippen molar-refractivity contribution in [3.63, 3.8) is 0 Å². The number of nitrogens with two attached hydrogens (primary N) is 1. The van der Waals surface area contributed by atoms with Crippen LogP contribution in [0, 0.1) is 0 Å². The standard InChI is InChI=1S/C13H16N3O5P/c14-22(20-7-8-5-9(17)6-15-8)21-16-12(18)10-3-1-2-4-11(10)13(16)19/h1-4,8-9,15,17H,5-7,14H2/t8-,9+,22?/m0/s1. The summed E-state index contributed by atoms with van der Waals surface area (Å²) in [4.78, 5) is 24.2. The number of aliphatic hydroxyl groups is 1. The monoisotopic (exact) mass is 325 g/mol. The molecule has 2 heterocycles. The number of hydrogen-bond acceptors (Lipinski definition) is 7. The lowest BCUT2D eigenvalue weighted by molar-refractivity contribution is -0.0163. The van der Waals surface area contributed by atoms with Crippen molar-refractivity contribution in [2.75, 3.05) is 13.2 Å². The average Bonchev–Trinajstić information content (AvgIpc) is 3.03. The van der Waals surface area contributed by atoms with Gasteiger partial charge in [-0.3, -0.25) is 15.1 Å². The highest BCUT2D eigenvalue weighted by atomic mass is 31.2. The number of benzene rings is 1. The van der Waals surface area contributed by atoms with Gasteiger partial charge < -0.3 is 14.9 Å². The van der Waals surface area contributed by atoms with Crippen LogP contribution in [0.3, 0.4) is 0 Å². The first kappa shape index (κ1) is 15.5. The molecule has 1 fully saturated rings. The van der Waals surface area contributed by atoms with Gasteiger partial charge in [0.25, 0.3) is 20.3 Å². The Labute approximate surface area is 128 Å². The van der Waals surface area contributed by atoms with E-state index in [4.69, 9.17) is 14.7 Å². The smallest absolute Gasteiger partial charge is 0.286 e. The normalized spacial score (nSPS) is 25.6. The van der Waals surface area contributed by atoms with Crippen molar-refractivity contribution in [1.82, 2.24) is 10.4 Å². The van der Waals surface area contributed by atoms with E-state index in [2.05, 4.69) is 5.32 Å². The zero-order valence-electron chi connectivity index (χ0n) is 11.6. The van der Waals surface area contributed by atoms with Crippen LogP contribution in [0.25, 0.3) is 0 Å². The first-order valence-electron chi connectivity index (χ1n) is 6.81. The molecule has 22 heavy (non-hydrogen) atoms. The van der Waals surface area contributed by atoms with E-state index < -0.39 is 26.4 Å². The number of fused-ring (bicyclic) bond motifs is 1. The molecule has 4 N–H and O–H groups in total. The summed E-state index contributed by atoms with van der Waals surface area (Å²) in [5.74, 6) is -1.09. The maximum Gasteiger partial charge on any atom is 0.286 e. The zero-order chi connectivity index (χ0) is 15.7. The highest BCUT2D eigenvalue weighted by Gasteiger charge is 2.38. The largest absolute Gasteiger partial charge is 0.392 e. The van der Waals surface area contributed by atoms with Crippen molar-refractivity contribution in [1.29, 1.82) is 0 Å². The molecular formula is C13H16N3O5P. The number of nitrogens with zero attached hydrogens (tertiary/aromatic N) is 1. The third kappa shape index (κ3) is 3.03. The quantitative estimate of drug-likeness (QED) is 0.521. The van der Waals surface area contributed by atoms with Crippen LogP contribution < -0.4 is 10.8 Å². The lowest BCUT2D eigenvalue weighted by Crippen LogP contribution is -2.31. The fraction of sp³-hybridized carbons (Fsp3) is 0.385. The number of imide groups is 1. The van der Waals surface area contributed by atoms with Crippen LogP contribution in [0.1, 0.15) is 27.1 Å². The van der Waals surface area contributed by atoms with E-state index in [0.29, 0.717) is 18.0 Å². The number of nitrogens with one attached hydrogen (secondary N) is 1. The molecular weight excluding hydrogens is 309 g/mol. The van der Waals surface area contributed by atoms with E-state index in [-0.39, 0.29) is 23.8 Å². The lowest BCUT2D eigenvalue weighted by atomic mass is 10.1. The number of amides is 2. The summed E-state index contributed by atoms with van der Waals surface area (Å²) in [7, 11) is -1.92. The fourth-order valence-corrected chi connectivity index (χ4v) is 3.12. The van der Waals surface area contributed by atoms with Gasteiger partial charge in [0.05, 0.1) is 23.8 Å². The number of aliphatic hydroxyl groups excluding tert-OH is 1. The molecule has 118 valence electrons. The van der Waals surface area contributed by atoms with E-state index in [1.165, 1.54) is 0 Å². The maximum atomic E-state index is 12.1. The maximum absolute atomic E-state index is 12.1. The van der Waals surface area contributed by atoms with Crippen molar-refractivity contribution in [3.05, 3.63) is 35.4 Å². The summed E-state index contributed by atoms with van der Waals surface area (Å²) in [6.07, 6.45) is 0.172. The summed E-state index contributed by atoms with van der Waals surface area (Å²) >= 11 is 0. The number of carbonyl (C=O) groups excluding carboxylic acids is 2. The Morgan fingerprint density at radius 1 is 1.32 bits per heavy atom. The van der Waals surface area contributed by atoms with Crippen LogP contribution in [-0.4, -0.2) is 47.3 Å². The van der Waals surface area contributed by atoms with E-state index in [0.717, 1.165) is 0 Å². The van der Waals surface area contributed by atoms with Crippen LogP contribution in [0.4, 0.5) is 0 Å². The van der Waals surface area contributed by atoms with E-state index in [9.17, 15) is 14.7 Å². The molecule has 2 aliphatic rings. The van der Waals surface area contributed by atoms with Crippen molar-refractivity contribution in [3.8, 4) is 0 Å². The molecule has 1 unspecified atom stereocenters. The molecule has 0 saturated carbocycles. The van der Waals surface area contributed by atoms with Gasteiger partial charge >= 0.3 is 0 Å². The fourth-order valence-electron chi connectivity index (χ4n) is 2.43. The van der Waals surface area contributed by atoms with Gasteiger partial charge in [-0.2, -0.15) is 4.62 Å². The number of carbonyl (C=O) groups is 2. The molecule has 0 spiro atoms. The van der Waals surface area contributed by atoms with Crippen molar-refractivity contribution in [2.45, 2.75) is 18.6 Å². The predicted molar refractivity (Wildman–Crippen MR) is 77.5 cm³/mol. The Kier molecular flexibility index (Phi) is 4.49. The number of hydroxylamine groups is 2. The first-order valence-corrected chi connectivity index (χ1v) is 8.06.